The summed E-state index contributed by atoms with van der Waals surface area (Å²) in [6, 6.07) is 14.4. The number of urea groups is 1. The normalized spacial score (nSPS) is 20.8. The van der Waals surface area contributed by atoms with Crippen molar-refractivity contribution in [2.45, 2.75) is 50.8 Å². The fourth-order valence-corrected chi connectivity index (χ4v) is 5.83. The van der Waals surface area contributed by atoms with Crippen LogP contribution < -0.4 is 10.9 Å². The molecule has 1 aromatic heterocycles. The average molecular weight is 509 g/mol. The van der Waals surface area contributed by atoms with E-state index >= 15 is 0 Å². The van der Waals surface area contributed by atoms with Crippen LogP contribution in [0.25, 0.3) is 11.3 Å². The van der Waals surface area contributed by atoms with E-state index in [9.17, 15) is 23.5 Å². The highest BCUT2D eigenvalue weighted by Crippen LogP contribution is 2.51. The van der Waals surface area contributed by atoms with Gasteiger partial charge in [0.1, 0.15) is 0 Å². The van der Waals surface area contributed by atoms with Crippen LogP contribution in [-0.2, 0) is 13.1 Å². The molecule has 0 bridgehead atoms. The molecule has 2 amide bonds. The van der Waals surface area contributed by atoms with Crippen LogP contribution in [-0.4, -0.2) is 44.3 Å². The van der Waals surface area contributed by atoms with Crippen molar-refractivity contribution in [3.8, 4) is 11.3 Å². The number of halogens is 2. The number of rotatable bonds is 5. The average Bonchev–Trinajstić information content (AvgIpc) is 3.38. The Hall–Kier alpha value is -3.59. The maximum atomic E-state index is 14.0. The van der Waals surface area contributed by atoms with Crippen molar-refractivity contribution in [2.24, 2.45) is 5.41 Å². The first kappa shape index (κ1) is 25.1. The molecular formula is C28H30F2N4O3. The van der Waals surface area contributed by atoms with Crippen molar-refractivity contribution < 1.29 is 18.7 Å². The number of nitrogens with zero attached hydrogens (tertiary/aromatic N) is 3. The lowest BCUT2D eigenvalue weighted by atomic mass is 9.66. The summed E-state index contributed by atoms with van der Waals surface area (Å²) in [5.74, 6) is -1.93. The quantitative estimate of drug-likeness (QED) is 0.544. The lowest BCUT2D eigenvalue weighted by Gasteiger charge is -2.52. The highest BCUT2D eigenvalue weighted by Gasteiger charge is 2.55. The molecule has 2 aliphatic rings. The number of hydrogen-bond acceptors (Lipinski definition) is 4. The topological polar surface area (TPSA) is 87.5 Å². The van der Waals surface area contributed by atoms with Crippen LogP contribution in [0.4, 0.5) is 13.6 Å². The first-order valence-corrected chi connectivity index (χ1v) is 12.6. The number of likely N-dealkylation sites (tertiary alicyclic amines) is 1. The number of aromatic nitrogens is 2. The minimum absolute atomic E-state index is 0.0725. The molecule has 0 radical (unpaired) electrons. The van der Waals surface area contributed by atoms with Crippen LogP contribution in [0, 0.1) is 17.0 Å². The maximum Gasteiger partial charge on any atom is 0.317 e. The predicted octanol–water partition coefficient (Wildman–Crippen LogP) is 4.10. The summed E-state index contributed by atoms with van der Waals surface area (Å²) in [4.78, 5) is 32.0. The molecule has 1 spiro atoms. The summed E-state index contributed by atoms with van der Waals surface area (Å²) >= 11 is 0. The molecule has 194 valence electrons. The Balaban J connectivity index is 1.31. The summed E-state index contributed by atoms with van der Waals surface area (Å²) in [7, 11) is 0. The Bertz CT molecular complexity index is 1340. The molecule has 9 heteroatoms. The number of amides is 2. The van der Waals surface area contributed by atoms with Crippen molar-refractivity contribution >= 4 is 6.03 Å². The monoisotopic (exact) mass is 508 g/mol. The Morgan fingerprint density at radius 3 is 2.54 bits per heavy atom. The Morgan fingerprint density at radius 1 is 1.05 bits per heavy atom. The molecule has 37 heavy (non-hydrogen) atoms. The molecular weight excluding hydrogens is 478 g/mol. The third kappa shape index (κ3) is 4.87. The fraction of sp³-hybridized carbons (Fsp3) is 0.393. The molecule has 2 fully saturated rings. The van der Waals surface area contributed by atoms with Crippen molar-refractivity contribution in [1.82, 2.24) is 19.8 Å². The van der Waals surface area contributed by atoms with E-state index in [1.54, 1.807) is 4.90 Å². The lowest BCUT2D eigenvalue weighted by molar-refractivity contribution is -0.135. The van der Waals surface area contributed by atoms with Gasteiger partial charge in [0.15, 0.2) is 11.6 Å². The Kier molecular flexibility index (Phi) is 6.81. The van der Waals surface area contributed by atoms with Gasteiger partial charge in [-0.05, 0) is 25.3 Å². The molecule has 3 aromatic rings. The molecule has 1 aliphatic carbocycles. The van der Waals surface area contributed by atoms with Gasteiger partial charge in [-0.1, -0.05) is 55.3 Å². The smallest absolute Gasteiger partial charge is 0.317 e. The molecule has 1 atom stereocenters. The van der Waals surface area contributed by atoms with Crippen molar-refractivity contribution in [2.75, 3.05) is 13.1 Å². The van der Waals surface area contributed by atoms with Gasteiger partial charge in [0.2, 0.25) is 0 Å². The second-order valence-electron chi connectivity index (χ2n) is 10.2. The molecule has 2 heterocycles. The van der Waals surface area contributed by atoms with Crippen LogP contribution >= 0.6 is 0 Å². The van der Waals surface area contributed by atoms with Crippen LogP contribution in [0.5, 0.6) is 0 Å². The van der Waals surface area contributed by atoms with Crippen LogP contribution in [0.3, 0.4) is 0 Å². The zero-order chi connectivity index (χ0) is 26.0. The van der Waals surface area contributed by atoms with Crippen LogP contribution in [0.2, 0.25) is 0 Å². The third-order valence-corrected chi connectivity index (χ3v) is 7.97. The van der Waals surface area contributed by atoms with E-state index in [1.165, 1.54) is 29.1 Å². The van der Waals surface area contributed by atoms with E-state index in [2.05, 4.69) is 10.3 Å². The standard InChI is InChI=1S/C28H30F2N4O3/c29-22-10-6-9-21(25(22)30)16-31-26(36)33-14-13-28(37,27(17-33)11-4-5-12-27)18-34-19-32-23(15-24(34)35)20-7-2-1-3-8-20/h1-3,6-10,15,19,37H,4-5,11-14,16-18H2,(H,31,36). The first-order chi connectivity index (χ1) is 17.8. The van der Waals surface area contributed by atoms with Crippen molar-refractivity contribution in [3.05, 3.63) is 88.5 Å². The minimum Gasteiger partial charge on any atom is -0.387 e. The molecule has 2 aromatic carbocycles. The zero-order valence-corrected chi connectivity index (χ0v) is 20.5. The first-order valence-electron chi connectivity index (χ1n) is 12.6. The van der Waals surface area contributed by atoms with Gasteiger partial charge in [0.25, 0.3) is 5.56 Å². The number of hydrogen-bond donors (Lipinski definition) is 2. The van der Waals surface area contributed by atoms with Crippen LogP contribution in [0.15, 0.2) is 65.7 Å². The predicted molar refractivity (Wildman–Crippen MR) is 135 cm³/mol. The molecule has 7 nitrogen and oxygen atoms in total. The molecule has 1 saturated heterocycles. The number of piperidine rings is 1. The van der Waals surface area contributed by atoms with Crippen LogP contribution in [0.1, 0.15) is 37.7 Å². The van der Waals surface area contributed by atoms with Gasteiger partial charge in [0, 0.05) is 42.2 Å². The van der Waals surface area contributed by atoms with Gasteiger partial charge < -0.3 is 15.3 Å². The zero-order valence-electron chi connectivity index (χ0n) is 20.5. The highest BCUT2D eigenvalue weighted by molar-refractivity contribution is 5.74. The second-order valence-corrected chi connectivity index (χ2v) is 10.2. The SMILES string of the molecule is O=C(NCc1cccc(F)c1F)N1CCC(O)(Cn2cnc(-c3ccccc3)cc2=O)C2(CCCC2)C1. The van der Waals surface area contributed by atoms with E-state index < -0.39 is 22.7 Å². The van der Waals surface area contributed by atoms with Gasteiger partial charge >= 0.3 is 6.03 Å². The summed E-state index contributed by atoms with van der Waals surface area (Å²) in [5.41, 5.74) is -0.504. The maximum absolute atomic E-state index is 14.0. The molecule has 1 saturated carbocycles. The van der Waals surface area contributed by atoms with Crippen molar-refractivity contribution in [3.63, 3.8) is 0 Å². The van der Waals surface area contributed by atoms with E-state index in [0.29, 0.717) is 18.7 Å². The largest absolute Gasteiger partial charge is 0.387 e. The van der Waals surface area contributed by atoms with E-state index in [4.69, 9.17) is 0 Å². The van der Waals surface area contributed by atoms with E-state index in [1.807, 2.05) is 30.3 Å². The number of benzene rings is 2. The number of nitrogens with one attached hydrogen (secondary N) is 1. The van der Waals surface area contributed by atoms with Gasteiger partial charge in [-0.15, -0.1) is 0 Å². The van der Waals surface area contributed by atoms with Gasteiger partial charge in [-0.3, -0.25) is 9.36 Å². The summed E-state index contributed by atoms with van der Waals surface area (Å²) < 4.78 is 29.0. The number of aliphatic hydroxyl groups is 1. The highest BCUT2D eigenvalue weighted by atomic mass is 19.2. The lowest BCUT2D eigenvalue weighted by Crippen LogP contribution is -2.63. The van der Waals surface area contributed by atoms with Crippen molar-refractivity contribution in [1.29, 1.82) is 0 Å². The second kappa shape index (κ2) is 10.0. The Morgan fingerprint density at radius 2 is 1.81 bits per heavy atom. The molecule has 1 aliphatic heterocycles. The Labute approximate surface area is 213 Å². The molecule has 5 rings (SSSR count). The molecule has 1 unspecified atom stereocenters. The number of carbonyl (C=O) groups is 1. The van der Waals surface area contributed by atoms with E-state index in [-0.39, 0.29) is 36.8 Å². The molecule has 2 N–H and O–H groups in total. The number of carbonyl (C=O) groups excluding carboxylic acids is 1. The minimum atomic E-state index is -1.19. The third-order valence-electron chi connectivity index (χ3n) is 7.97. The van der Waals surface area contributed by atoms with Gasteiger partial charge in [-0.25, -0.2) is 18.6 Å². The summed E-state index contributed by atoms with van der Waals surface area (Å²) in [6.07, 6.45) is 5.09. The van der Waals surface area contributed by atoms with E-state index in [0.717, 1.165) is 37.3 Å². The van der Waals surface area contributed by atoms with Gasteiger partial charge in [-0.2, -0.15) is 0 Å². The van der Waals surface area contributed by atoms with Gasteiger partial charge in [0.05, 0.1) is 24.2 Å². The summed E-state index contributed by atoms with van der Waals surface area (Å²) in [6.45, 7) is 0.564. The summed E-state index contributed by atoms with van der Waals surface area (Å²) in [5, 5.41) is 14.6. The fourth-order valence-electron chi connectivity index (χ4n) is 5.83.